The quantitative estimate of drug-likeness (QED) is 0.856. The summed E-state index contributed by atoms with van der Waals surface area (Å²) < 4.78 is 5.41. The molecule has 0 unspecified atom stereocenters. The van der Waals surface area contributed by atoms with Crippen LogP contribution in [0.15, 0.2) is 16.5 Å². The first kappa shape index (κ1) is 13.1. The third kappa shape index (κ3) is 3.60. The van der Waals surface area contributed by atoms with Crippen molar-refractivity contribution in [3.05, 3.63) is 23.7 Å². The lowest BCUT2D eigenvalue weighted by Gasteiger charge is -2.28. The molecule has 1 saturated carbocycles. The van der Waals surface area contributed by atoms with Crippen LogP contribution in [0.2, 0.25) is 0 Å². The van der Waals surface area contributed by atoms with Gasteiger partial charge in [-0.05, 0) is 51.8 Å². The summed E-state index contributed by atoms with van der Waals surface area (Å²) in [6, 6.07) is 4.71. The molecule has 2 N–H and O–H groups in total. The van der Waals surface area contributed by atoms with Crippen molar-refractivity contribution in [3.8, 4) is 0 Å². The zero-order valence-electron chi connectivity index (χ0n) is 11.2. The summed E-state index contributed by atoms with van der Waals surface area (Å²) in [6.45, 7) is 1.89. The summed E-state index contributed by atoms with van der Waals surface area (Å²) >= 11 is 0. The number of hydrogen-bond acceptors (Lipinski definition) is 3. The molecule has 0 aromatic carbocycles. The van der Waals surface area contributed by atoms with E-state index in [2.05, 4.69) is 10.6 Å². The Bertz CT molecular complexity index is 392. The van der Waals surface area contributed by atoms with Crippen LogP contribution in [0.3, 0.4) is 0 Å². The smallest absolute Gasteiger partial charge is 0.227 e. The van der Waals surface area contributed by atoms with Gasteiger partial charge in [0.25, 0.3) is 0 Å². The zero-order chi connectivity index (χ0) is 13.0. The van der Waals surface area contributed by atoms with Crippen molar-refractivity contribution in [2.24, 2.45) is 0 Å². The van der Waals surface area contributed by atoms with E-state index in [0.29, 0.717) is 18.5 Å². The third-order valence-corrected chi connectivity index (χ3v) is 3.63. The number of furan rings is 1. The molecule has 100 valence electrons. The van der Waals surface area contributed by atoms with Gasteiger partial charge in [-0.15, -0.1) is 0 Å². The maximum absolute atomic E-state index is 11.9. The van der Waals surface area contributed by atoms with Gasteiger partial charge in [0, 0.05) is 12.1 Å². The summed E-state index contributed by atoms with van der Waals surface area (Å²) in [7, 11) is 2.00. The van der Waals surface area contributed by atoms with Gasteiger partial charge >= 0.3 is 0 Å². The highest BCUT2D eigenvalue weighted by atomic mass is 16.3. The van der Waals surface area contributed by atoms with Crippen LogP contribution in [0.25, 0.3) is 0 Å². The van der Waals surface area contributed by atoms with Gasteiger partial charge in [-0.1, -0.05) is 0 Å². The summed E-state index contributed by atoms with van der Waals surface area (Å²) in [4.78, 5) is 11.9. The van der Waals surface area contributed by atoms with E-state index >= 15 is 0 Å². The summed E-state index contributed by atoms with van der Waals surface area (Å²) in [5.74, 6) is 1.67. The van der Waals surface area contributed by atoms with E-state index in [1.165, 1.54) is 0 Å². The van der Waals surface area contributed by atoms with Gasteiger partial charge in [-0.3, -0.25) is 4.79 Å². The van der Waals surface area contributed by atoms with Crippen LogP contribution in [0, 0.1) is 6.92 Å². The summed E-state index contributed by atoms with van der Waals surface area (Å²) in [5.41, 5.74) is 0. The van der Waals surface area contributed by atoms with Crippen LogP contribution in [-0.2, 0) is 11.2 Å². The number of rotatable bonds is 4. The van der Waals surface area contributed by atoms with Gasteiger partial charge in [0.2, 0.25) is 5.91 Å². The Morgan fingerprint density at radius 2 is 1.94 bits per heavy atom. The van der Waals surface area contributed by atoms with E-state index < -0.39 is 0 Å². The van der Waals surface area contributed by atoms with Gasteiger partial charge in [0.15, 0.2) is 0 Å². The van der Waals surface area contributed by atoms with Crippen LogP contribution in [0.1, 0.15) is 37.2 Å². The van der Waals surface area contributed by atoms with Crippen molar-refractivity contribution < 1.29 is 9.21 Å². The van der Waals surface area contributed by atoms with Crippen molar-refractivity contribution >= 4 is 5.91 Å². The fourth-order valence-electron chi connectivity index (χ4n) is 2.54. The highest BCUT2D eigenvalue weighted by molar-refractivity contribution is 5.78. The van der Waals surface area contributed by atoms with Gasteiger partial charge in [0.05, 0.1) is 6.42 Å². The molecular formula is C14H22N2O2. The van der Waals surface area contributed by atoms with E-state index in [4.69, 9.17) is 4.42 Å². The minimum atomic E-state index is 0.0669. The molecule has 18 heavy (non-hydrogen) atoms. The topological polar surface area (TPSA) is 54.3 Å². The lowest BCUT2D eigenvalue weighted by molar-refractivity contribution is -0.121. The third-order valence-electron chi connectivity index (χ3n) is 3.63. The summed E-state index contributed by atoms with van der Waals surface area (Å²) in [5, 5.41) is 6.39. The van der Waals surface area contributed by atoms with Crippen molar-refractivity contribution in [2.45, 2.75) is 51.1 Å². The second kappa shape index (κ2) is 6.05. The van der Waals surface area contributed by atoms with E-state index in [-0.39, 0.29) is 5.91 Å². The Morgan fingerprint density at radius 1 is 1.28 bits per heavy atom. The second-order valence-electron chi connectivity index (χ2n) is 5.09. The molecule has 1 fully saturated rings. The Labute approximate surface area is 108 Å². The standard InChI is InChI=1S/C14H22N2O2/c1-10-3-8-13(18-10)9-14(17)16-12-6-4-11(15-2)5-7-12/h3,8,11-12,15H,4-7,9H2,1-2H3,(H,16,17). The number of carbonyl (C=O) groups is 1. The maximum atomic E-state index is 11.9. The Balaban J connectivity index is 1.75. The normalized spacial score (nSPS) is 23.9. The highest BCUT2D eigenvalue weighted by Gasteiger charge is 2.21. The van der Waals surface area contributed by atoms with E-state index in [1.54, 1.807) is 0 Å². The lowest BCUT2D eigenvalue weighted by Crippen LogP contribution is -2.41. The first-order valence-electron chi connectivity index (χ1n) is 6.69. The second-order valence-corrected chi connectivity index (χ2v) is 5.09. The molecule has 1 aromatic heterocycles. The molecule has 1 aliphatic carbocycles. The van der Waals surface area contributed by atoms with Crippen LogP contribution >= 0.6 is 0 Å². The van der Waals surface area contributed by atoms with Crippen LogP contribution in [-0.4, -0.2) is 25.0 Å². The molecule has 0 spiro atoms. The van der Waals surface area contributed by atoms with E-state index in [0.717, 1.165) is 37.2 Å². The first-order chi connectivity index (χ1) is 8.67. The van der Waals surface area contributed by atoms with Crippen LogP contribution in [0.5, 0.6) is 0 Å². The van der Waals surface area contributed by atoms with Crippen molar-refractivity contribution in [1.82, 2.24) is 10.6 Å². The average molecular weight is 250 g/mol. The molecule has 4 nitrogen and oxygen atoms in total. The monoisotopic (exact) mass is 250 g/mol. The Hall–Kier alpha value is -1.29. The SMILES string of the molecule is CNC1CCC(NC(=O)Cc2ccc(C)o2)CC1. The maximum Gasteiger partial charge on any atom is 0.227 e. The van der Waals surface area contributed by atoms with Crippen LogP contribution in [0.4, 0.5) is 0 Å². The highest BCUT2D eigenvalue weighted by Crippen LogP contribution is 2.18. The van der Waals surface area contributed by atoms with E-state index in [1.807, 2.05) is 26.1 Å². The van der Waals surface area contributed by atoms with Gasteiger partial charge < -0.3 is 15.1 Å². The molecule has 1 aromatic rings. The predicted octanol–water partition coefficient (Wildman–Crippen LogP) is 1.78. The number of hydrogen-bond donors (Lipinski definition) is 2. The Kier molecular flexibility index (Phi) is 4.42. The molecule has 4 heteroatoms. The minimum absolute atomic E-state index is 0.0669. The number of amides is 1. The van der Waals surface area contributed by atoms with Crippen molar-refractivity contribution in [1.29, 1.82) is 0 Å². The molecule has 1 aliphatic rings. The Morgan fingerprint density at radius 3 is 2.50 bits per heavy atom. The lowest BCUT2D eigenvalue weighted by atomic mass is 9.91. The fraction of sp³-hybridized carbons (Fsp3) is 0.643. The van der Waals surface area contributed by atoms with Gasteiger partial charge in [-0.2, -0.15) is 0 Å². The molecule has 2 rings (SSSR count). The summed E-state index contributed by atoms with van der Waals surface area (Å²) in [6.07, 6.45) is 4.76. The molecule has 0 saturated heterocycles. The van der Waals surface area contributed by atoms with Gasteiger partial charge in [-0.25, -0.2) is 0 Å². The van der Waals surface area contributed by atoms with Crippen LogP contribution < -0.4 is 10.6 Å². The molecule has 1 heterocycles. The molecule has 0 bridgehead atoms. The first-order valence-corrected chi connectivity index (χ1v) is 6.69. The van der Waals surface area contributed by atoms with Crippen molar-refractivity contribution in [3.63, 3.8) is 0 Å². The molecule has 0 aliphatic heterocycles. The zero-order valence-corrected chi connectivity index (χ0v) is 11.2. The molecule has 0 radical (unpaired) electrons. The predicted molar refractivity (Wildman–Crippen MR) is 70.4 cm³/mol. The molecule has 0 atom stereocenters. The number of nitrogens with one attached hydrogen (secondary N) is 2. The van der Waals surface area contributed by atoms with E-state index in [9.17, 15) is 4.79 Å². The largest absolute Gasteiger partial charge is 0.466 e. The molecular weight excluding hydrogens is 228 g/mol. The average Bonchev–Trinajstić information content (AvgIpc) is 2.75. The number of aryl methyl sites for hydroxylation is 1. The minimum Gasteiger partial charge on any atom is -0.466 e. The van der Waals surface area contributed by atoms with Gasteiger partial charge in [0.1, 0.15) is 11.5 Å². The molecule has 1 amide bonds. The van der Waals surface area contributed by atoms with Crippen molar-refractivity contribution in [2.75, 3.05) is 7.05 Å². The number of carbonyl (C=O) groups excluding carboxylic acids is 1. The fourth-order valence-corrected chi connectivity index (χ4v) is 2.54.